The van der Waals surface area contributed by atoms with E-state index in [1.54, 1.807) is 0 Å². The van der Waals surface area contributed by atoms with Gasteiger partial charge in [-0.3, -0.25) is 9.69 Å². The van der Waals surface area contributed by atoms with Crippen molar-refractivity contribution in [1.82, 2.24) is 4.90 Å². The van der Waals surface area contributed by atoms with Gasteiger partial charge in [0.15, 0.2) is 0 Å². The van der Waals surface area contributed by atoms with E-state index in [4.69, 9.17) is 9.84 Å². The maximum absolute atomic E-state index is 11.6. The predicted octanol–water partition coefficient (Wildman–Crippen LogP) is 2.24. The monoisotopic (exact) mass is 313 g/mol. The molecule has 6 heteroatoms. The molecule has 1 N–H and O–H groups in total. The van der Waals surface area contributed by atoms with Gasteiger partial charge in [-0.05, 0) is 17.7 Å². The SMILES string of the molecule is O=C(O)CC1COC(=O)N1Cc1cccc(Br)c1. The number of rotatable bonds is 4. The number of carboxylic acid groups (broad SMARTS) is 1. The number of carbonyl (C=O) groups is 2. The van der Waals surface area contributed by atoms with Crippen LogP contribution in [-0.4, -0.2) is 34.7 Å². The van der Waals surface area contributed by atoms with Crippen molar-refractivity contribution in [3.05, 3.63) is 34.3 Å². The molecule has 1 amide bonds. The Morgan fingerprint density at radius 3 is 3.00 bits per heavy atom. The van der Waals surface area contributed by atoms with Crippen molar-refractivity contribution in [2.75, 3.05) is 6.61 Å². The van der Waals surface area contributed by atoms with Gasteiger partial charge in [-0.2, -0.15) is 0 Å². The number of carboxylic acids is 1. The lowest BCUT2D eigenvalue weighted by atomic mass is 10.1. The molecule has 1 fully saturated rings. The van der Waals surface area contributed by atoms with Crippen LogP contribution in [0.3, 0.4) is 0 Å². The van der Waals surface area contributed by atoms with E-state index in [0.717, 1.165) is 10.0 Å². The van der Waals surface area contributed by atoms with Crippen molar-refractivity contribution in [2.24, 2.45) is 0 Å². The van der Waals surface area contributed by atoms with Gasteiger partial charge in [0.25, 0.3) is 0 Å². The third kappa shape index (κ3) is 3.01. The number of nitrogens with zero attached hydrogens (tertiary/aromatic N) is 1. The molecule has 1 aliphatic heterocycles. The number of hydrogen-bond acceptors (Lipinski definition) is 3. The topological polar surface area (TPSA) is 66.8 Å². The molecule has 0 saturated carbocycles. The zero-order chi connectivity index (χ0) is 13.1. The van der Waals surface area contributed by atoms with E-state index in [9.17, 15) is 9.59 Å². The minimum absolute atomic E-state index is 0.0975. The van der Waals surface area contributed by atoms with Crippen LogP contribution in [0.25, 0.3) is 0 Å². The summed E-state index contributed by atoms with van der Waals surface area (Å²) in [5, 5.41) is 8.79. The molecular formula is C12H12BrNO4. The highest BCUT2D eigenvalue weighted by molar-refractivity contribution is 9.10. The summed E-state index contributed by atoms with van der Waals surface area (Å²) in [6.07, 6.45) is -0.555. The van der Waals surface area contributed by atoms with Gasteiger partial charge in [0.2, 0.25) is 0 Å². The molecule has 1 unspecified atom stereocenters. The maximum atomic E-state index is 11.6. The zero-order valence-corrected chi connectivity index (χ0v) is 11.1. The highest BCUT2D eigenvalue weighted by atomic mass is 79.9. The zero-order valence-electron chi connectivity index (χ0n) is 9.51. The summed E-state index contributed by atoms with van der Waals surface area (Å²) in [6, 6.07) is 7.14. The summed E-state index contributed by atoms with van der Waals surface area (Å²) in [5.74, 6) is -0.933. The van der Waals surface area contributed by atoms with Crippen LogP contribution >= 0.6 is 15.9 Å². The van der Waals surface area contributed by atoms with Crippen molar-refractivity contribution in [3.8, 4) is 0 Å². The van der Waals surface area contributed by atoms with E-state index < -0.39 is 18.1 Å². The molecular weight excluding hydrogens is 302 g/mol. The van der Waals surface area contributed by atoms with Gasteiger partial charge in [-0.25, -0.2) is 4.79 Å². The Kier molecular flexibility index (Phi) is 3.86. The van der Waals surface area contributed by atoms with Crippen molar-refractivity contribution in [1.29, 1.82) is 0 Å². The normalized spacial score (nSPS) is 18.8. The molecule has 2 rings (SSSR count). The van der Waals surface area contributed by atoms with Crippen LogP contribution in [0.2, 0.25) is 0 Å². The number of aliphatic carboxylic acids is 1. The second kappa shape index (κ2) is 5.39. The number of amides is 1. The van der Waals surface area contributed by atoms with Crippen LogP contribution in [0.15, 0.2) is 28.7 Å². The third-order valence-corrected chi connectivity index (χ3v) is 3.22. The molecule has 1 atom stereocenters. The Hall–Kier alpha value is -1.56. The first-order valence-corrected chi connectivity index (χ1v) is 6.25. The Bertz CT molecular complexity index is 477. The van der Waals surface area contributed by atoms with Crippen molar-refractivity contribution >= 4 is 28.0 Å². The van der Waals surface area contributed by atoms with Crippen LogP contribution in [0.4, 0.5) is 4.79 Å². The van der Waals surface area contributed by atoms with Crippen LogP contribution in [0.5, 0.6) is 0 Å². The number of hydrogen-bond donors (Lipinski definition) is 1. The van der Waals surface area contributed by atoms with E-state index in [2.05, 4.69) is 15.9 Å². The van der Waals surface area contributed by atoms with E-state index in [1.165, 1.54) is 4.90 Å². The molecule has 96 valence electrons. The molecule has 0 spiro atoms. The molecule has 1 saturated heterocycles. The molecule has 1 aromatic rings. The van der Waals surface area contributed by atoms with Crippen molar-refractivity contribution in [2.45, 2.75) is 19.0 Å². The second-order valence-corrected chi connectivity index (χ2v) is 5.00. The first-order chi connectivity index (χ1) is 8.56. The maximum Gasteiger partial charge on any atom is 0.410 e. The summed E-state index contributed by atoms with van der Waals surface area (Å²) < 4.78 is 5.81. The predicted molar refractivity (Wildman–Crippen MR) is 67.1 cm³/mol. The molecule has 1 aromatic carbocycles. The molecule has 1 heterocycles. The number of ether oxygens (including phenoxy) is 1. The molecule has 0 radical (unpaired) electrons. The van der Waals surface area contributed by atoms with Crippen molar-refractivity contribution < 1.29 is 19.4 Å². The molecule has 0 aromatic heterocycles. The summed E-state index contributed by atoms with van der Waals surface area (Å²) >= 11 is 3.35. The first kappa shape index (κ1) is 12.9. The van der Waals surface area contributed by atoms with Gasteiger partial charge in [-0.15, -0.1) is 0 Å². The lowest BCUT2D eigenvalue weighted by Gasteiger charge is -2.20. The van der Waals surface area contributed by atoms with Gasteiger partial charge in [0, 0.05) is 11.0 Å². The Labute approximate surface area is 112 Å². The van der Waals surface area contributed by atoms with E-state index in [0.29, 0.717) is 6.54 Å². The number of halogens is 1. The summed E-state index contributed by atoms with van der Waals surface area (Å²) in [6.45, 7) is 0.495. The highest BCUT2D eigenvalue weighted by Gasteiger charge is 2.34. The second-order valence-electron chi connectivity index (χ2n) is 4.09. The summed E-state index contributed by atoms with van der Waals surface area (Å²) in [4.78, 5) is 23.7. The third-order valence-electron chi connectivity index (χ3n) is 2.73. The number of cyclic esters (lactones) is 1. The van der Waals surface area contributed by atoms with Gasteiger partial charge in [-0.1, -0.05) is 28.1 Å². The van der Waals surface area contributed by atoms with Crippen LogP contribution < -0.4 is 0 Å². The van der Waals surface area contributed by atoms with Crippen LogP contribution in [-0.2, 0) is 16.1 Å². The highest BCUT2D eigenvalue weighted by Crippen LogP contribution is 2.20. The lowest BCUT2D eigenvalue weighted by molar-refractivity contribution is -0.138. The number of benzene rings is 1. The fraction of sp³-hybridized carbons (Fsp3) is 0.333. The lowest BCUT2D eigenvalue weighted by Crippen LogP contribution is -2.34. The molecule has 0 bridgehead atoms. The average Bonchev–Trinajstić information content (AvgIpc) is 2.61. The van der Waals surface area contributed by atoms with Gasteiger partial charge < -0.3 is 9.84 Å². The standard InChI is InChI=1S/C12H12BrNO4/c13-9-3-1-2-8(4-9)6-14-10(5-11(15)16)7-18-12(14)17/h1-4,10H,5-7H2,(H,15,16). The van der Waals surface area contributed by atoms with Crippen LogP contribution in [0.1, 0.15) is 12.0 Å². The minimum Gasteiger partial charge on any atom is -0.481 e. The fourth-order valence-electron chi connectivity index (χ4n) is 1.89. The Morgan fingerprint density at radius 2 is 2.33 bits per heavy atom. The minimum atomic E-state index is -0.933. The molecule has 0 aliphatic carbocycles. The smallest absolute Gasteiger partial charge is 0.410 e. The fourth-order valence-corrected chi connectivity index (χ4v) is 2.33. The largest absolute Gasteiger partial charge is 0.481 e. The molecule has 18 heavy (non-hydrogen) atoms. The Morgan fingerprint density at radius 1 is 1.56 bits per heavy atom. The quantitative estimate of drug-likeness (QED) is 0.925. The number of carbonyl (C=O) groups excluding carboxylic acids is 1. The Balaban J connectivity index is 2.10. The van der Waals surface area contributed by atoms with Gasteiger partial charge >= 0.3 is 12.1 Å². The molecule has 5 nitrogen and oxygen atoms in total. The molecule has 1 aliphatic rings. The van der Waals surface area contributed by atoms with Gasteiger partial charge in [0.1, 0.15) is 6.61 Å². The average molecular weight is 314 g/mol. The van der Waals surface area contributed by atoms with E-state index >= 15 is 0 Å². The summed E-state index contributed by atoms with van der Waals surface area (Å²) in [5.41, 5.74) is 0.929. The van der Waals surface area contributed by atoms with Crippen molar-refractivity contribution in [3.63, 3.8) is 0 Å². The van der Waals surface area contributed by atoms with Crippen LogP contribution in [0, 0.1) is 0 Å². The summed E-state index contributed by atoms with van der Waals surface area (Å²) in [7, 11) is 0. The van der Waals surface area contributed by atoms with E-state index in [1.807, 2.05) is 24.3 Å². The van der Waals surface area contributed by atoms with E-state index in [-0.39, 0.29) is 13.0 Å². The van der Waals surface area contributed by atoms with Gasteiger partial charge in [0.05, 0.1) is 12.5 Å². The first-order valence-electron chi connectivity index (χ1n) is 5.46.